The number of anilines is 2. The van der Waals surface area contributed by atoms with Gasteiger partial charge in [0, 0.05) is 16.8 Å². The van der Waals surface area contributed by atoms with Crippen molar-refractivity contribution in [3.05, 3.63) is 71.3 Å². The minimum absolute atomic E-state index is 0. The molecule has 3 nitrogen and oxygen atoms in total. The molecule has 0 spiro atoms. The van der Waals surface area contributed by atoms with Crippen molar-refractivity contribution in [1.29, 1.82) is 5.41 Å². The molecule has 4 saturated carbocycles. The second-order valence-corrected chi connectivity index (χ2v) is 10.5. The standard InChI is InChI=1S/C29H29N3.ClH/c30-29(32-26-11-10-20-9-8-19-4-3-6-24(26)27(19)20)31-25-7-2-1-5-23(25)28-21-13-17-12-18(15-21)16-22(28)14-17;/h1-11,17-18,21-22,28H,12-16H2,(H3,30,31,32);1H. The van der Waals surface area contributed by atoms with Crippen LogP contribution in [0, 0.1) is 29.1 Å². The Labute approximate surface area is 201 Å². The molecular formula is C29H30ClN3. The maximum Gasteiger partial charge on any atom is 0.197 e. The quantitative estimate of drug-likeness (QED) is 0.218. The fourth-order valence-electron chi connectivity index (χ4n) is 7.66. The first-order valence-corrected chi connectivity index (χ1v) is 12.2. The first kappa shape index (κ1) is 20.8. The predicted molar refractivity (Wildman–Crippen MR) is 141 cm³/mol. The molecule has 0 radical (unpaired) electrons. The molecule has 0 aliphatic heterocycles. The van der Waals surface area contributed by atoms with Crippen LogP contribution in [0.2, 0.25) is 0 Å². The molecule has 0 unspecified atom stereocenters. The predicted octanol–water partition coefficient (Wildman–Crippen LogP) is 7.74. The van der Waals surface area contributed by atoms with Gasteiger partial charge in [-0.3, -0.25) is 5.41 Å². The fourth-order valence-corrected chi connectivity index (χ4v) is 7.66. The summed E-state index contributed by atoms with van der Waals surface area (Å²) in [7, 11) is 0. The Morgan fingerprint density at radius 2 is 1.36 bits per heavy atom. The van der Waals surface area contributed by atoms with E-state index in [1.54, 1.807) is 0 Å². The molecule has 0 saturated heterocycles. The lowest BCUT2D eigenvalue weighted by Gasteiger charge is -2.55. The Balaban J connectivity index is 0.00000206. The third-order valence-electron chi connectivity index (χ3n) is 8.61. The molecule has 5 aliphatic rings. The molecule has 0 aromatic heterocycles. The van der Waals surface area contributed by atoms with Crippen LogP contribution in [0.4, 0.5) is 11.4 Å². The lowest BCUT2D eigenvalue weighted by atomic mass is 9.50. The van der Waals surface area contributed by atoms with Crippen molar-refractivity contribution >= 4 is 52.7 Å². The van der Waals surface area contributed by atoms with E-state index < -0.39 is 0 Å². The van der Waals surface area contributed by atoms with Crippen LogP contribution < -0.4 is 10.6 Å². The second kappa shape index (κ2) is 7.92. The molecule has 3 N–H and O–H groups in total. The van der Waals surface area contributed by atoms with Crippen molar-refractivity contribution in [2.75, 3.05) is 10.6 Å². The van der Waals surface area contributed by atoms with Crippen LogP contribution in [0.3, 0.4) is 0 Å². The van der Waals surface area contributed by atoms with E-state index in [1.165, 1.54) is 59.6 Å². The molecule has 8 rings (SSSR count). The van der Waals surface area contributed by atoms with Gasteiger partial charge in [-0.25, -0.2) is 0 Å². The van der Waals surface area contributed by atoms with Crippen molar-refractivity contribution in [3.63, 3.8) is 0 Å². The van der Waals surface area contributed by atoms with E-state index in [0.29, 0.717) is 11.9 Å². The molecule has 4 bridgehead atoms. The first-order chi connectivity index (χ1) is 15.7. The zero-order chi connectivity index (χ0) is 21.2. The lowest BCUT2D eigenvalue weighted by Crippen LogP contribution is -2.44. The molecular weight excluding hydrogens is 426 g/mol. The number of benzene rings is 3. The lowest BCUT2D eigenvalue weighted by molar-refractivity contribution is -0.00255. The average molecular weight is 456 g/mol. The van der Waals surface area contributed by atoms with Crippen LogP contribution in [-0.4, -0.2) is 5.96 Å². The highest BCUT2D eigenvalue weighted by molar-refractivity contribution is 6.13. The van der Waals surface area contributed by atoms with E-state index in [9.17, 15) is 0 Å². The summed E-state index contributed by atoms with van der Waals surface area (Å²) in [6.07, 6.45) is 11.5. The minimum atomic E-state index is 0. The zero-order valence-electron chi connectivity index (χ0n) is 18.7. The van der Waals surface area contributed by atoms with Gasteiger partial charge in [-0.15, -0.1) is 12.4 Å². The van der Waals surface area contributed by atoms with Crippen LogP contribution in [-0.2, 0) is 0 Å². The molecule has 0 amide bonds. The van der Waals surface area contributed by atoms with Gasteiger partial charge in [0.05, 0.1) is 0 Å². The topological polar surface area (TPSA) is 47.9 Å². The zero-order valence-corrected chi connectivity index (χ0v) is 19.5. The molecule has 33 heavy (non-hydrogen) atoms. The summed E-state index contributed by atoms with van der Waals surface area (Å²) >= 11 is 0. The minimum Gasteiger partial charge on any atom is -0.326 e. The van der Waals surface area contributed by atoms with Crippen LogP contribution in [0.5, 0.6) is 0 Å². The Bertz CT molecular complexity index is 1240. The normalized spacial score (nSPS) is 28.1. The number of rotatable bonds is 3. The monoisotopic (exact) mass is 455 g/mol. The van der Waals surface area contributed by atoms with Crippen LogP contribution in [0.25, 0.3) is 22.9 Å². The van der Waals surface area contributed by atoms with E-state index in [-0.39, 0.29) is 12.4 Å². The average Bonchev–Trinajstić information content (AvgIpc) is 3.21. The maximum absolute atomic E-state index is 8.73. The molecule has 0 atom stereocenters. The number of halogens is 1. The fraction of sp³-hybridized carbons (Fsp3) is 0.345. The summed E-state index contributed by atoms with van der Waals surface area (Å²) in [5, 5.41) is 18.0. The molecule has 4 fully saturated rings. The Morgan fingerprint density at radius 1 is 0.697 bits per heavy atom. The van der Waals surface area contributed by atoms with Gasteiger partial charge < -0.3 is 10.6 Å². The number of hydrogen-bond acceptors (Lipinski definition) is 1. The largest absolute Gasteiger partial charge is 0.326 e. The highest BCUT2D eigenvalue weighted by atomic mass is 35.5. The van der Waals surface area contributed by atoms with E-state index in [1.807, 2.05) is 0 Å². The van der Waals surface area contributed by atoms with Gasteiger partial charge in [0.2, 0.25) is 0 Å². The van der Waals surface area contributed by atoms with Gasteiger partial charge in [0.25, 0.3) is 0 Å². The van der Waals surface area contributed by atoms with Crippen molar-refractivity contribution in [2.24, 2.45) is 23.7 Å². The SMILES string of the molecule is Cl.N=C(Nc1ccccc1C1C2CC3CC(C2)CC1C3)Nc1ccc2c3c(cccc13)C=C2. The molecule has 0 heterocycles. The van der Waals surface area contributed by atoms with E-state index in [0.717, 1.165) is 35.0 Å². The van der Waals surface area contributed by atoms with E-state index in [4.69, 9.17) is 5.41 Å². The smallest absolute Gasteiger partial charge is 0.197 e. The third-order valence-corrected chi connectivity index (χ3v) is 8.61. The summed E-state index contributed by atoms with van der Waals surface area (Å²) < 4.78 is 0. The summed E-state index contributed by atoms with van der Waals surface area (Å²) in [5.74, 6) is 4.62. The van der Waals surface area contributed by atoms with Gasteiger partial charge in [0.15, 0.2) is 5.96 Å². The Morgan fingerprint density at radius 3 is 2.12 bits per heavy atom. The van der Waals surface area contributed by atoms with Gasteiger partial charge in [-0.05, 0) is 95.9 Å². The second-order valence-electron chi connectivity index (χ2n) is 10.5. The first-order valence-electron chi connectivity index (χ1n) is 12.2. The van der Waals surface area contributed by atoms with Crippen molar-refractivity contribution in [1.82, 2.24) is 0 Å². The number of nitrogens with one attached hydrogen (secondary N) is 3. The van der Waals surface area contributed by atoms with Crippen molar-refractivity contribution < 1.29 is 0 Å². The third kappa shape index (κ3) is 3.36. The summed E-state index contributed by atoms with van der Waals surface area (Å²) in [5.41, 5.74) is 6.03. The van der Waals surface area contributed by atoms with Gasteiger partial charge in [0.1, 0.15) is 0 Å². The Hall–Kier alpha value is -2.78. The van der Waals surface area contributed by atoms with Gasteiger partial charge >= 0.3 is 0 Å². The number of hydrogen-bond donors (Lipinski definition) is 3. The van der Waals surface area contributed by atoms with Crippen molar-refractivity contribution in [2.45, 2.75) is 38.0 Å². The molecule has 5 aliphatic carbocycles. The molecule has 3 aromatic rings. The highest BCUT2D eigenvalue weighted by Crippen LogP contribution is 2.60. The van der Waals surface area contributed by atoms with E-state index in [2.05, 4.69) is 77.4 Å². The number of para-hydroxylation sites is 1. The summed E-state index contributed by atoms with van der Waals surface area (Å²) in [6.45, 7) is 0. The van der Waals surface area contributed by atoms with Gasteiger partial charge in [-0.2, -0.15) is 0 Å². The highest BCUT2D eigenvalue weighted by Gasteiger charge is 2.49. The number of guanidine groups is 1. The van der Waals surface area contributed by atoms with Gasteiger partial charge in [-0.1, -0.05) is 54.6 Å². The molecule has 3 aromatic carbocycles. The van der Waals surface area contributed by atoms with Crippen LogP contribution in [0.1, 0.15) is 54.7 Å². The summed E-state index contributed by atoms with van der Waals surface area (Å²) in [4.78, 5) is 0. The Kier molecular flexibility index (Phi) is 4.99. The van der Waals surface area contributed by atoms with Crippen molar-refractivity contribution in [3.8, 4) is 0 Å². The maximum atomic E-state index is 8.73. The molecule has 168 valence electrons. The van der Waals surface area contributed by atoms with Crippen LogP contribution in [0.15, 0.2) is 54.6 Å². The summed E-state index contributed by atoms with van der Waals surface area (Å²) in [6, 6.07) is 19.4. The van der Waals surface area contributed by atoms with Crippen LogP contribution >= 0.6 is 12.4 Å². The van der Waals surface area contributed by atoms with E-state index >= 15 is 0 Å². The molecule has 4 heteroatoms.